The van der Waals surface area contributed by atoms with Gasteiger partial charge >= 0.3 is 0 Å². The molecular weight excluding hydrogens is 194 g/mol. The van der Waals surface area contributed by atoms with Gasteiger partial charge in [-0.15, -0.1) is 0 Å². The fourth-order valence-corrected chi connectivity index (χ4v) is 1.22. The molecule has 0 saturated carbocycles. The molecule has 0 saturated heterocycles. The third-order valence-corrected chi connectivity index (χ3v) is 1.95. The van der Waals surface area contributed by atoms with Gasteiger partial charge in [-0.25, -0.2) is 0 Å². The number of amides is 2. The van der Waals surface area contributed by atoms with Gasteiger partial charge in [0.1, 0.15) is 0 Å². The fraction of sp³-hybridized carbons (Fsp3) is 0.400. The van der Waals surface area contributed by atoms with E-state index in [1.807, 2.05) is 29.1 Å². The van der Waals surface area contributed by atoms with E-state index in [1.54, 1.807) is 0 Å². The van der Waals surface area contributed by atoms with Gasteiger partial charge in [0.25, 0.3) is 0 Å². The minimum absolute atomic E-state index is 0.0810. The number of hydrogen-bond acceptors (Lipinski definition) is 2. The maximum atomic E-state index is 11.1. The summed E-state index contributed by atoms with van der Waals surface area (Å²) in [5.74, 6) is -0.658. The Morgan fingerprint density at radius 2 is 1.93 bits per heavy atom. The molecular formula is C10H15N3O2. The van der Waals surface area contributed by atoms with Crippen LogP contribution < -0.4 is 11.1 Å². The fourth-order valence-electron chi connectivity index (χ4n) is 1.22. The maximum Gasteiger partial charge on any atom is 0.236 e. The molecule has 0 fully saturated rings. The van der Waals surface area contributed by atoms with Crippen molar-refractivity contribution in [2.24, 2.45) is 5.73 Å². The first-order chi connectivity index (χ1) is 7.18. The van der Waals surface area contributed by atoms with E-state index in [9.17, 15) is 9.59 Å². The predicted molar refractivity (Wildman–Crippen MR) is 55.9 cm³/mol. The average Bonchev–Trinajstić information content (AvgIpc) is 2.67. The van der Waals surface area contributed by atoms with Crippen LogP contribution in [0.5, 0.6) is 0 Å². The van der Waals surface area contributed by atoms with Crippen LogP contribution in [0.3, 0.4) is 0 Å². The number of nitrogens with one attached hydrogen (secondary N) is 1. The molecule has 1 heterocycles. The molecule has 0 radical (unpaired) electrons. The van der Waals surface area contributed by atoms with Gasteiger partial charge in [-0.1, -0.05) is 0 Å². The highest BCUT2D eigenvalue weighted by Crippen LogP contribution is 1.96. The van der Waals surface area contributed by atoms with E-state index < -0.39 is 5.91 Å². The Bertz CT molecular complexity index is 319. The van der Waals surface area contributed by atoms with Gasteiger partial charge in [0.2, 0.25) is 11.8 Å². The van der Waals surface area contributed by atoms with Crippen LogP contribution in [0, 0.1) is 0 Å². The second-order valence-electron chi connectivity index (χ2n) is 3.27. The molecule has 0 aliphatic heterocycles. The molecule has 0 unspecified atom stereocenters. The second-order valence-corrected chi connectivity index (χ2v) is 3.27. The Kier molecular flexibility index (Phi) is 4.40. The minimum Gasteiger partial charge on any atom is -0.368 e. The second kappa shape index (κ2) is 5.85. The lowest BCUT2D eigenvalue weighted by Gasteiger charge is -2.03. The molecule has 0 aliphatic carbocycles. The van der Waals surface area contributed by atoms with E-state index in [2.05, 4.69) is 5.32 Å². The summed E-state index contributed by atoms with van der Waals surface area (Å²) >= 11 is 0. The van der Waals surface area contributed by atoms with E-state index in [-0.39, 0.29) is 12.5 Å². The van der Waals surface area contributed by atoms with E-state index in [0.29, 0.717) is 6.42 Å². The molecule has 0 aliphatic rings. The highest BCUT2D eigenvalue weighted by molar-refractivity contribution is 5.83. The molecule has 0 atom stereocenters. The monoisotopic (exact) mass is 209 g/mol. The third kappa shape index (κ3) is 4.85. The minimum atomic E-state index is -0.520. The molecule has 0 spiro atoms. The van der Waals surface area contributed by atoms with Gasteiger partial charge in [0.15, 0.2) is 0 Å². The normalized spacial score (nSPS) is 9.87. The molecule has 5 heteroatoms. The first kappa shape index (κ1) is 11.3. The molecule has 5 nitrogen and oxygen atoms in total. The summed E-state index contributed by atoms with van der Waals surface area (Å²) in [7, 11) is 0. The van der Waals surface area contributed by atoms with Crippen molar-refractivity contribution in [3.05, 3.63) is 24.5 Å². The Morgan fingerprint density at radius 1 is 1.27 bits per heavy atom. The highest BCUT2D eigenvalue weighted by atomic mass is 16.2. The standard InChI is InChI=1S/C10H15N3O2/c11-9(14)8-12-10(15)4-3-7-13-5-1-2-6-13/h1-2,5-6H,3-4,7-8H2,(H2,11,14)(H,12,15). The van der Waals surface area contributed by atoms with Gasteiger partial charge in [-0.2, -0.15) is 0 Å². The summed E-state index contributed by atoms with van der Waals surface area (Å²) in [5, 5.41) is 2.44. The van der Waals surface area contributed by atoms with Gasteiger partial charge in [-0.3, -0.25) is 9.59 Å². The van der Waals surface area contributed by atoms with Crippen molar-refractivity contribution in [1.29, 1.82) is 0 Å². The molecule has 82 valence electrons. The Morgan fingerprint density at radius 3 is 2.53 bits per heavy atom. The van der Waals surface area contributed by atoms with Gasteiger partial charge in [0.05, 0.1) is 6.54 Å². The lowest BCUT2D eigenvalue weighted by molar-refractivity contribution is -0.124. The van der Waals surface area contributed by atoms with Crippen LogP contribution in [0.4, 0.5) is 0 Å². The van der Waals surface area contributed by atoms with Crippen molar-refractivity contribution >= 4 is 11.8 Å². The molecule has 0 aromatic carbocycles. The van der Waals surface area contributed by atoms with Crippen LogP contribution in [0.2, 0.25) is 0 Å². The third-order valence-electron chi connectivity index (χ3n) is 1.95. The maximum absolute atomic E-state index is 11.1. The number of carbonyl (C=O) groups is 2. The van der Waals surface area contributed by atoms with Gasteiger partial charge in [-0.05, 0) is 18.6 Å². The smallest absolute Gasteiger partial charge is 0.236 e. The Labute approximate surface area is 88.3 Å². The van der Waals surface area contributed by atoms with E-state index >= 15 is 0 Å². The first-order valence-electron chi connectivity index (χ1n) is 4.84. The van der Waals surface area contributed by atoms with Crippen molar-refractivity contribution in [3.8, 4) is 0 Å². The van der Waals surface area contributed by atoms with Crippen molar-refractivity contribution < 1.29 is 9.59 Å². The molecule has 1 aromatic rings. The summed E-state index contributed by atoms with van der Waals surface area (Å²) in [5.41, 5.74) is 4.89. The molecule has 2 amide bonds. The zero-order valence-electron chi connectivity index (χ0n) is 8.48. The van der Waals surface area contributed by atoms with Gasteiger partial charge < -0.3 is 15.6 Å². The van der Waals surface area contributed by atoms with Crippen LogP contribution in [0.25, 0.3) is 0 Å². The number of nitrogens with zero attached hydrogens (tertiary/aromatic N) is 1. The van der Waals surface area contributed by atoms with E-state index in [4.69, 9.17) is 5.73 Å². The van der Waals surface area contributed by atoms with Crippen LogP contribution in [0.15, 0.2) is 24.5 Å². The zero-order valence-corrected chi connectivity index (χ0v) is 8.48. The summed E-state index contributed by atoms with van der Waals surface area (Å²) in [4.78, 5) is 21.5. The number of primary amides is 1. The number of nitrogens with two attached hydrogens (primary N) is 1. The Balaban J connectivity index is 2.09. The largest absolute Gasteiger partial charge is 0.368 e. The highest BCUT2D eigenvalue weighted by Gasteiger charge is 2.02. The zero-order chi connectivity index (χ0) is 11.1. The van der Waals surface area contributed by atoms with Crippen molar-refractivity contribution in [2.75, 3.05) is 6.54 Å². The summed E-state index contributed by atoms with van der Waals surface area (Å²) < 4.78 is 2.00. The van der Waals surface area contributed by atoms with E-state index in [1.165, 1.54) is 0 Å². The lowest BCUT2D eigenvalue weighted by Crippen LogP contribution is -2.33. The molecule has 3 N–H and O–H groups in total. The number of aromatic nitrogens is 1. The lowest BCUT2D eigenvalue weighted by atomic mass is 10.3. The quantitative estimate of drug-likeness (QED) is 0.684. The van der Waals surface area contributed by atoms with Crippen LogP contribution in [-0.4, -0.2) is 22.9 Å². The summed E-state index contributed by atoms with van der Waals surface area (Å²) in [6, 6.07) is 3.88. The molecule has 1 rings (SSSR count). The topological polar surface area (TPSA) is 77.1 Å². The average molecular weight is 209 g/mol. The number of aryl methyl sites for hydroxylation is 1. The van der Waals surface area contributed by atoms with E-state index in [0.717, 1.165) is 13.0 Å². The van der Waals surface area contributed by atoms with Gasteiger partial charge in [0, 0.05) is 25.4 Å². The van der Waals surface area contributed by atoms with Crippen LogP contribution in [0.1, 0.15) is 12.8 Å². The number of rotatable bonds is 6. The van der Waals surface area contributed by atoms with Crippen molar-refractivity contribution in [2.45, 2.75) is 19.4 Å². The first-order valence-corrected chi connectivity index (χ1v) is 4.84. The van der Waals surface area contributed by atoms with Crippen LogP contribution in [-0.2, 0) is 16.1 Å². The van der Waals surface area contributed by atoms with Crippen LogP contribution >= 0.6 is 0 Å². The van der Waals surface area contributed by atoms with Crippen molar-refractivity contribution in [3.63, 3.8) is 0 Å². The number of carbonyl (C=O) groups excluding carboxylic acids is 2. The Hall–Kier alpha value is -1.78. The molecule has 1 aromatic heterocycles. The summed E-state index contributed by atoms with van der Waals surface area (Å²) in [6.07, 6.45) is 5.05. The molecule has 0 bridgehead atoms. The predicted octanol–water partition coefficient (Wildman–Crippen LogP) is -0.130. The molecule has 15 heavy (non-hydrogen) atoms. The summed E-state index contributed by atoms with van der Waals surface area (Å²) in [6.45, 7) is 0.722. The van der Waals surface area contributed by atoms with Crippen molar-refractivity contribution in [1.82, 2.24) is 9.88 Å². The number of hydrogen-bond donors (Lipinski definition) is 2. The SMILES string of the molecule is NC(=O)CNC(=O)CCCn1cccc1.